The quantitative estimate of drug-likeness (QED) is 0.377. The number of ether oxygens (including phenoxy) is 1. The molecule has 1 aliphatic carbocycles. The SMILES string of the molecule is COC1CN(c2cc(C(=O)CCC3(N)CCC3)cc(-c3cnn4ccc(-c5ccccc5)nc34)n2)C1. The van der Waals surface area contributed by atoms with Gasteiger partial charge in [-0.25, -0.2) is 14.5 Å². The van der Waals surface area contributed by atoms with E-state index in [-0.39, 0.29) is 17.4 Å². The zero-order valence-electron chi connectivity index (χ0n) is 20.4. The molecule has 36 heavy (non-hydrogen) atoms. The molecule has 2 N–H and O–H groups in total. The number of fused-ring (bicyclic) bond motifs is 1. The molecule has 1 aliphatic heterocycles. The smallest absolute Gasteiger partial charge is 0.164 e. The molecule has 0 spiro atoms. The molecular formula is C28H30N6O2. The third-order valence-electron chi connectivity index (χ3n) is 7.55. The van der Waals surface area contributed by atoms with Crippen molar-refractivity contribution in [2.45, 2.75) is 43.7 Å². The van der Waals surface area contributed by atoms with Crippen LogP contribution >= 0.6 is 0 Å². The lowest BCUT2D eigenvalue weighted by atomic mass is 9.74. The maximum absolute atomic E-state index is 13.3. The summed E-state index contributed by atoms with van der Waals surface area (Å²) >= 11 is 0. The van der Waals surface area contributed by atoms with Gasteiger partial charge < -0.3 is 15.4 Å². The van der Waals surface area contributed by atoms with E-state index in [0.717, 1.165) is 55.0 Å². The van der Waals surface area contributed by atoms with Gasteiger partial charge >= 0.3 is 0 Å². The molecular weight excluding hydrogens is 452 g/mol. The Kier molecular flexibility index (Phi) is 5.78. The Balaban J connectivity index is 1.38. The Morgan fingerprint density at radius 2 is 1.92 bits per heavy atom. The van der Waals surface area contributed by atoms with Gasteiger partial charge in [0.25, 0.3) is 0 Å². The van der Waals surface area contributed by atoms with Gasteiger partial charge in [0.15, 0.2) is 11.4 Å². The molecule has 1 saturated heterocycles. The lowest BCUT2D eigenvalue weighted by Crippen LogP contribution is -2.52. The number of methoxy groups -OCH3 is 1. The molecule has 0 bridgehead atoms. The summed E-state index contributed by atoms with van der Waals surface area (Å²) in [6.45, 7) is 1.50. The third kappa shape index (κ3) is 4.27. The lowest BCUT2D eigenvalue weighted by Gasteiger charge is -2.39. The summed E-state index contributed by atoms with van der Waals surface area (Å²) in [6, 6.07) is 15.8. The normalized spacial score (nSPS) is 17.1. The number of aromatic nitrogens is 4. The molecule has 4 heterocycles. The van der Waals surface area contributed by atoms with Gasteiger partial charge in [-0.3, -0.25) is 4.79 Å². The molecule has 2 fully saturated rings. The minimum atomic E-state index is -0.183. The maximum atomic E-state index is 13.3. The average molecular weight is 483 g/mol. The predicted octanol–water partition coefficient (Wildman–Crippen LogP) is 4.14. The summed E-state index contributed by atoms with van der Waals surface area (Å²) in [6.07, 6.45) is 8.15. The number of nitrogens with zero attached hydrogens (tertiary/aromatic N) is 5. The van der Waals surface area contributed by atoms with Crippen LogP contribution in [-0.2, 0) is 4.74 Å². The molecule has 2 aliphatic rings. The maximum Gasteiger partial charge on any atom is 0.164 e. The van der Waals surface area contributed by atoms with E-state index in [2.05, 4.69) is 10.00 Å². The number of carbonyl (C=O) groups is 1. The molecule has 0 radical (unpaired) electrons. The van der Waals surface area contributed by atoms with Crippen LogP contribution in [0.3, 0.4) is 0 Å². The van der Waals surface area contributed by atoms with Gasteiger partial charge in [0, 0.05) is 49.5 Å². The van der Waals surface area contributed by atoms with Crippen LogP contribution in [-0.4, -0.2) is 57.2 Å². The van der Waals surface area contributed by atoms with Crippen molar-refractivity contribution in [3.05, 3.63) is 66.5 Å². The number of Topliss-reactive ketones (excluding diaryl/α,β-unsaturated/α-hetero) is 1. The summed E-state index contributed by atoms with van der Waals surface area (Å²) in [5.74, 6) is 0.865. The van der Waals surface area contributed by atoms with Crippen molar-refractivity contribution < 1.29 is 9.53 Å². The first-order chi connectivity index (χ1) is 17.5. The highest BCUT2D eigenvalue weighted by Gasteiger charge is 2.33. The van der Waals surface area contributed by atoms with Crippen molar-refractivity contribution in [2.75, 3.05) is 25.1 Å². The van der Waals surface area contributed by atoms with Crippen LogP contribution in [0.25, 0.3) is 28.2 Å². The fourth-order valence-corrected chi connectivity index (χ4v) is 4.96. The van der Waals surface area contributed by atoms with E-state index in [1.54, 1.807) is 17.8 Å². The van der Waals surface area contributed by atoms with Crippen LogP contribution < -0.4 is 10.6 Å². The fourth-order valence-electron chi connectivity index (χ4n) is 4.96. The van der Waals surface area contributed by atoms with Crippen LogP contribution in [0.2, 0.25) is 0 Å². The molecule has 4 aromatic rings. The third-order valence-corrected chi connectivity index (χ3v) is 7.55. The number of benzene rings is 1. The van der Waals surface area contributed by atoms with E-state index in [1.165, 1.54) is 0 Å². The Morgan fingerprint density at radius 3 is 2.64 bits per heavy atom. The molecule has 0 unspecified atom stereocenters. The minimum absolute atomic E-state index is 0.0925. The molecule has 0 amide bonds. The van der Waals surface area contributed by atoms with Crippen molar-refractivity contribution in [1.29, 1.82) is 0 Å². The second-order valence-corrected chi connectivity index (χ2v) is 10.0. The van der Waals surface area contributed by atoms with Gasteiger partial charge in [-0.1, -0.05) is 30.3 Å². The van der Waals surface area contributed by atoms with Crippen molar-refractivity contribution in [1.82, 2.24) is 19.6 Å². The number of carbonyl (C=O) groups excluding carboxylic acids is 1. The van der Waals surface area contributed by atoms with E-state index in [1.807, 2.05) is 54.7 Å². The van der Waals surface area contributed by atoms with Gasteiger partial charge in [-0.05, 0) is 43.9 Å². The van der Waals surface area contributed by atoms with Gasteiger partial charge in [0.1, 0.15) is 5.82 Å². The number of nitrogens with two attached hydrogens (primary N) is 1. The largest absolute Gasteiger partial charge is 0.378 e. The van der Waals surface area contributed by atoms with Gasteiger partial charge in [-0.15, -0.1) is 0 Å². The number of rotatable bonds is 8. The van der Waals surface area contributed by atoms with Crippen molar-refractivity contribution in [3.63, 3.8) is 0 Å². The van der Waals surface area contributed by atoms with E-state index in [4.69, 9.17) is 20.4 Å². The van der Waals surface area contributed by atoms with Crippen molar-refractivity contribution in [3.8, 4) is 22.5 Å². The van der Waals surface area contributed by atoms with Crippen LogP contribution in [0.1, 0.15) is 42.5 Å². The van der Waals surface area contributed by atoms with Crippen molar-refractivity contribution >= 4 is 17.2 Å². The summed E-state index contributed by atoms with van der Waals surface area (Å²) < 4.78 is 7.20. The Labute approximate surface area is 210 Å². The van der Waals surface area contributed by atoms with Crippen molar-refractivity contribution in [2.24, 2.45) is 5.73 Å². The molecule has 8 heteroatoms. The van der Waals surface area contributed by atoms with E-state index < -0.39 is 0 Å². The molecule has 1 saturated carbocycles. The Hall–Kier alpha value is -3.62. The number of ketones is 1. The van der Waals surface area contributed by atoms with Crippen LogP contribution in [0, 0.1) is 0 Å². The molecule has 184 valence electrons. The zero-order valence-corrected chi connectivity index (χ0v) is 20.4. The van der Waals surface area contributed by atoms with Crippen LogP contribution in [0.15, 0.2) is 60.9 Å². The second kappa shape index (κ2) is 9.11. The zero-order chi connectivity index (χ0) is 24.7. The highest BCUT2D eigenvalue weighted by atomic mass is 16.5. The standard InChI is InChI=1S/C28H30N6O2/c1-36-21-17-33(18-21)26-15-20(25(35)8-12-28(29)10-5-11-28)14-24(31-26)22-16-30-34-13-9-23(32-27(22)34)19-6-3-2-4-7-19/h2-4,6-7,9,13-16,21H,5,8,10-12,17-18,29H2,1H3. The summed E-state index contributed by atoms with van der Waals surface area (Å²) in [5.41, 5.74) is 10.9. The Bertz CT molecular complexity index is 1410. The highest BCUT2D eigenvalue weighted by molar-refractivity contribution is 5.98. The van der Waals surface area contributed by atoms with E-state index >= 15 is 0 Å². The van der Waals surface area contributed by atoms with E-state index in [9.17, 15) is 4.79 Å². The lowest BCUT2D eigenvalue weighted by molar-refractivity contribution is 0.0783. The average Bonchev–Trinajstić information content (AvgIpc) is 3.29. The number of hydrogen-bond acceptors (Lipinski definition) is 7. The Morgan fingerprint density at radius 1 is 1.11 bits per heavy atom. The number of pyridine rings is 1. The molecule has 3 aromatic heterocycles. The first-order valence-corrected chi connectivity index (χ1v) is 12.5. The summed E-state index contributed by atoms with van der Waals surface area (Å²) in [4.78, 5) is 25.3. The molecule has 8 nitrogen and oxygen atoms in total. The van der Waals surface area contributed by atoms with Gasteiger partial charge in [0.05, 0.1) is 29.3 Å². The first kappa shape index (κ1) is 22.8. The topological polar surface area (TPSA) is 98.6 Å². The minimum Gasteiger partial charge on any atom is -0.378 e. The summed E-state index contributed by atoms with van der Waals surface area (Å²) in [7, 11) is 1.72. The highest BCUT2D eigenvalue weighted by Crippen LogP contribution is 2.34. The van der Waals surface area contributed by atoms with E-state index in [0.29, 0.717) is 29.7 Å². The molecule has 6 rings (SSSR count). The molecule has 1 aromatic carbocycles. The monoisotopic (exact) mass is 482 g/mol. The number of anilines is 1. The van der Waals surface area contributed by atoms with Crippen LogP contribution in [0.4, 0.5) is 5.82 Å². The van der Waals surface area contributed by atoms with Gasteiger partial charge in [-0.2, -0.15) is 5.10 Å². The van der Waals surface area contributed by atoms with Gasteiger partial charge in [0.2, 0.25) is 0 Å². The van der Waals surface area contributed by atoms with Crippen LogP contribution in [0.5, 0.6) is 0 Å². The fraction of sp³-hybridized carbons (Fsp3) is 0.357. The first-order valence-electron chi connectivity index (χ1n) is 12.5. The second-order valence-electron chi connectivity index (χ2n) is 10.0. The summed E-state index contributed by atoms with van der Waals surface area (Å²) in [5, 5.41) is 4.50. The predicted molar refractivity (Wildman–Crippen MR) is 139 cm³/mol. The number of hydrogen-bond donors (Lipinski definition) is 1. The molecule has 0 atom stereocenters.